The van der Waals surface area contributed by atoms with Crippen LogP contribution in [0.5, 0.6) is 0 Å². The van der Waals surface area contributed by atoms with Gasteiger partial charge in [-0.25, -0.2) is 0 Å². The van der Waals surface area contributed by atoms with Crippen molar-refractivity contribution in [1.82, 2.24) is 5.32 Å². The number of carbonyl (C=O) groups is 1. The van der Waals surface area contributed by atoms with Gasteiger partial charge in [-0.3, -0.25) is 9.69 Å². The summed E-state index contributed by atoms with van der Waals surface area (Å²) in [5.74, 6) is -0.235. The number of nitrogens with zero attached hydrogens (tertiary/aromatic N) is 2. The van der Waals surface area contributed by atoms with Crippen molar-refractivity contribution < 1.29 is 4.79 Å². The van der Waals surface area contributed by atoms with Crippen LogP contribution in [0.25, 0.3) is 6.08 Å². The molecule has 0 spiro atoms. The molecule has 0 radical (unpaired) electrons. The van der Waals surface area contributed by atoms with Crippen LogP contribution in [-0.2, 0) is 4.79 Å². The first-order chi connectivity index (χ1) is 11.1. The molecular weight excluding hydrogens is 330 g/mol. The average Bonchev–Trinajstić information content (AvgIpc) is 2.83. The Balaban J connectivity index is 1.89. The molecule has 1 N–H and O–H groups in total. The fourth-order valence-electron chi connectivity index (χ4n) is 2.18. The van der Waals surface area contributed by atoms with Gasteiger partial charge >= 0.3 is 0 Å². The molecule has 1 amide bonds. The number of amides is 1. The Kier molecular flexibility index (Phi) is 4.11. The molecule has 1 aliphatic heterocycles. The largest absolute Gasteiger partial charge is 0.327 e. The van der Waals surface area contributed by atoms with E-state index in [0.29, 0.717) is 27.1 Å². The fraction of sp³-hybridized carbons (Fsp3) is 0. The van der Waals surface area contributed by atoms with Crippen molar-refractivity contribution in [1.29, 1.82) is 5.26 Å². The van der Waals surface area contributed by atoms with E-state index < -0.39 is 0 Å². The molecule has 0 atom stereocenters. The summed E-state index contributed by atoms with van der Waals surface area (Å²) in [6.07, 6.45) is 1.70. The van der Waals surface area contributed by atoms with E-state index in [1.807, 2.05) is 0 Å². The molecule has 1 saturated heterocycles. The van der Waals surface area contributed by atoms with Gasteiger partial charge in [0.15, 0.2) is 5.11 Å². The van der Waals surface area contributed by atoms with Gasteiger partial charge in [-0.15, -0.1) is 0 Å². The van der Waals surface area contributed by atoms with E-state index in [-0.39, 0.29) is 5.91 Å². The third-order valence-electron chi connectivity index (χ3n) is 3.31. The number of nitrogens with one attached hydrogen (secondary N) is 1. The lowest BCUT2D eigenvalue weighted by Crippen LogP contribution is -2.30. The minimum atomic E-state index is -0.235. The molecule has 0 aromatic heterocycles. The molecule has 0 saturated carbocycles. The molecule has 4 nitrogen and oxygen atoms in total. The smallest absolute Gasteiger partial charge is 0.281 e. The molecule has 0 bridgehead atoms. The van der Waals surface area contributed by atoms with E-state index in [9.17, 15) is 4.79 Å². The summed E-state index contributed by atoms with van der Waals surface area (Å²) in [7, 11) is 0. The van der Waals surface area contributed by atoms with Crippen molar-refractivity contribution in [3.05, 3.63) is 70.4 Å². The van der Waals surface area contributed by atoms with E-state index in [4.69, 9.17) is 29.1 Å². The molecule has 0 aliphatic carbocycles. The van der Waals surface area contributed by atoms with Crippen molar-refractivity contribution in [2.24, 2.45) is 0 Å². The minimum Gasteiger partial charge on any atom is -0.327 e. The third kappa shape index (κ3) is 3.09. The zero-order chi connectivity index (χ0) is 16.4. The lowest BCUT2D eigenvalue weighted by Gasteiger charge is -2.13. The number of hydrogen-bond donors (Lipinski definition) is 1. The van der Waals surface area contributed by atoms with Crippen LogP contribution < -0.4 is 10.2 Å². The van der Waals surface area contributed by atoms with Crippen molar-refractivity contribution in [3.8, 4) is 6.07 Å². The first-order valence-corrected chi connectivity index (χ1v) is 7.50. The second kappa shape index (κ2) is 6.21. The lowest BCUT2D eigenvalue weighted by atomic mass is 10.1. The van der Waals surface area contributed by atoms with Gasteiger partial charge in [0.2, 0.25) is 0 Å². The molecule has 1 heterocycles. The number of anilines is 1. The van der Waals surface area contributed by atoms with Gasteiger partial charge in [0.25, 0.3) is 5.91 Å². The van der Waals surface area contributed by atoms with Crippen molar-refractivity contribution >= 4 is 46.6 Å². The quantitative estimate of drug-likeness (QED) is 0.672. The van der Waals surface area contributed by atoms with E-state index in [0.717, 1.165) is 5.56 Å². The van der Waals surface area contributed by atoms with Crippen LogP contribution in [0, 0.1) is 11.3 Å². The van der Waals surface area contributed by atoms with Gasteiger partial charge in [0.05, 0.1) is 17.3 Å². The van der Waals surface area contributed by atoms with Gasteiger partial charge < -0.3 is 5.32 Å². The minimum absolute atomic E-state index is 0.235. The summed E-state index contributed by atoms with van der Waals surface area (Å²) in [4.78, 5) is 14.0. The van der Waals surface area contributed by atoms with Crippen LogP contribution in [0.15, 0.2) is 54.2 Å². The Bertz CT molecular complexity index is 851. The maximum absolute atomic E-state index is 12.6. The molecule has 2 aromatic rings. The molecule has 1 aliphatic rings. The Morgan fingerprint density at radius 2 is 1.78 bits per heavy atom. The van der Waals surface area contributed by atoms with E-state index in [1.54, 1.807) is 54.6 Å². The summed E-state index contributed by atoms with van der Waals surface area (Å²) >= 11 is 11.1. The van der Waals surface area contributed by atoms with Crippen LogP contribution in [0.1, 0.15) is 11.1 Å². The molecule has 1 fully saturated rings. The Morgan fingerprint density at radius 1 is 1.13 bits per heavy atom. The number of benzene rings is 2. The molecule has 23 heavy (non-hydrogen) atoms. The normalized spacial score (nSPS) is 15.7. The number of carbonyl (C=O) groups excluding carboxylic acids is 1. The summed E-state index contributed by atoms with van der Waals surface area (Å²) in [6, 6.07) is 15.9. The zero-order valence-corrected chi connectivity index (χ0v) is 13.4. The highest BCUT2D eigenvalue weighted by atomic mass is 35.5. The van der Waals surface area contributed by atoms with Crippen LogP contribution in [0.4, 0.5) is 5.69 Å². The van der Waals surface area contributed by atoms with Crippen molar-refractivity contribution in [2.45, 2.75) is 0 Å². The highest BCUT2D eigenvalue weighted by molar-refractivity contribution is 7.80. The van der Waals surface area contributed by atoms with Gasteiger partial charge in [-0.2, -0.15) is 5.26 Å². The highest BCUT2D eigenvalue weighted by Gasteiger charge is 2.31. The standard InChI is InChI=1S/C17H10ClN3OS/c18-13-5-7-14(8-6-13)21-16(22)15(20-17(21)23)9-11-1-3-12(10-19)4-2-11/h1-9H,(H,20,23)/b15-9+. The summed E-state index contributed by atoms with van der Waals surface area (Å²) in [6.45, 7) is 0. The zero-order valence-electron chi connectivity index (χ0n) is 11.8. The number of rotatable bonds is 2. The maximum Gasteiger partial charge on any atom is 0.281 e. The Labute approximate surface area is 143 Å². The summed E-state index contributed by atoms with van der Waals surface area (Å²) < 4.78 is 0. The number of hydrogen-bond acceptors (Lipinski definition) is 3. The van der Waals surface area contributed by atoms with E-state index in [1.165, 1.54) is 4.90 Å². The third-order valence-corrected chi connectivity index (χ3v) is 3.85. The monoisotopic (exact) mass is 339 g/mol. The predicted molar refractivity (Wildman–Crippen MR) is 93.8 cm³/mol. The molecule has 6 heteroatoms. The molecular formula is C17H10ClN3OS. The average molecular weight is 340 g/mol. The van der Waals surface area contributed by atoms with Gasteiger partial charge in [-0.1, -0.05) is 23.7 Å². The topological polar surface area (TPSA) is 56.1 Å². The van der Waals surface area contributed by atoms with Crippen molar-refractivity contribution in [3.63, 3.8) is 0 Å². The van der Waals surface area contributed by atoms with Crippen LogP contribution in [-0.4, -0.2) is 11.0 Å². The summed E-state index contributed by atoms with van der Waals surface area (Å²) in [5.41, 5.74) is 2.41. The van der Waals surface area contributed by atoms with E-state index >= 15 is 0 Å². The molecule has 0 unspecified atom stereocenters. The number of nitriles is 1. The Hall–Kier alpha value is -2.68. The van der Waals surface area contributed by atoms with Gasteiger partial charge in [-0.05, 0) is 60.3 Å². The van der Waals surface area contributed by atoms with Gasteiger partial charge in [0.1, 0.15) is 5.70 Å². The van der Waals surface area contributed by atoms with Crippen LogP contribution in [0.2, 0.25) is 5.02 Å². The molecule has 112 valence electrons. The SMILES string of the molecule is N#Cc1ccc(/C=C2/NC(=S)N(c3ccc(Cl)cc3)C2=O)cc1. The van der Waals surface area contributed by atoms with Crippen molar-refractivity contribution in [2.75, 3.05) is 4.90 Å². The summed E-state index contributed by atoms with van der Waals surface area (Å²) in [5, 5.41) is 12.6. The second-order valence-electron chi connectivity index (χ2n) is 4.84. The molecule has 3 rings (SSSR count). The first-order valence-electron chi connectivity index (χ1n) is 6.71. The molecule has 2 aromatic carbocycles. The first kappa shape index (κ1) is 15.2. The van der Waals surface area contributed by atoms with Crippen LogP contribution >= 0.6 is 23.8 Å². The maximum atomic E-state index is 12.6. The number of halogens is 1. The predicted octanol–water partition coefficient (Wildman–Crippen LogP) is 3.47. The van der Waals surface area contributed by atoms with E-state index in [2.05, 4.69) is 11.4 Å². The second-order valence-corrected chi connectivity index (χ2v) is 5.66. The number of thiocarbonyl (C=S) groups is 1. The van der Waals surface area contributed by atoms with Gasteiger partial charge in [0, 0.05) is 5.02 Å². The highest BCUT2D eigenvalue weighted by Crippen LogP contribution is 2.24. The van der Waals surface area contributed by atoms with Crippen LogP contribution in [0.3, 0.4) is 0 Å². The lowest BCUT2D eigenvalue weighted by molar-refractivity contribution is -0.113. The fourth-order valence-corrected chi connectivity index (χ4v) is 2.60. The Morgan fingerprint density at radius 3 is 2.39 bits per heavy atom.